The second-order valence-corrected chi connectivity index (χ2v) is 7.45. The number of aromatic nitrogens is 4. The van der Waals surface area contributed by atoms with E-state index in [1.807, 2.05) is 46.6 Å². The van der Waals surface area contributed by atoms with Crippen LogP contribution in [-0.2, 0) is 13.6 Å². The van der Waals surface area contributed by atoms with Crippen LogP contribution in [0.3, 0.4) is 0 Å². The summed E-state index contributed by atoms with van der Waals surface area (Å²) in [6.07, 6.45) is 7.04. The molecular weight excluding hydrogens is 322 g/mol. The number of hydrogen-bond acceptors (Lipinski definition) is 4. The molecule has 0 aromatic carbocycles. The predicted molar refractivity (Wildman–Crippen MR) is 94.2 cm³/mol. The number of aryl methyl sites for hydroxylation is 2. The third-order valence-electron chi connectivity index (χ3n) is 4.75. The molecular formula is C17H21N5OS. The maximum Gasteiger partial charge on any atom is 0.264 e. The molecule has 0 spiro atoms. The van der Waals surface area contributed by atoms with E-state index in [2.05, 4.69) is 10.2 Å². The second-order valence-electron chi connectivity index (χ2n) is 6.41. The van der Waals surface area contributed by atoms with Crippen molar-refractivity contribution in [3.8, 4) is 0 Å². The van der Waals surface area contributed by atoms with Crippen LogP contribution in [0.1, 0.15) is 34.6 Å². The number of fused-ring (bicyclic) bond motifs is 1. The van der Waals surface area contributed by atoms with Crippen LogP contribution in [-0.4, -0.2) is 43.0 Å². The zero-order valence-corrected chi connectivity index (χ0v) is 14.8. The number of hydrogen-bond donors (Lipinski definition) is 0. The molecule has 1 saturated heterocycles. The van der Waals surface area contributed by atoms with Gasteiger partial charge in [-0.2, -0.15) is 10.2 Å². The first-order valence-electron chi connectivity index (χ1n) is 8.35. The van der Waals surface area contributed by atoms with Crippen molar-refractivity contribution in [2.45, 2.75) is 38.8 Å². The van der Waals surface area contributed by atoms with Crippen molar-refractivity contribution in [1.82, 2.24) is 24.5 Å². The summed E-state index contributed by atoms with van der Waals surface area (Å²) in [5.74, 6) is 0.146. The van der Waals surface area contributed by atoms with E-state index in [1.165, 1.54) is 6.42 Å². The molecule has 126 valence electrons. The molecule has 24 heavy (non-hydrogen) atoms. The molecule has 0 saturated carbocycles. The van der Waals surface area contributed by atoms with Gasteiger partial charge in [-0.1, -0.05) is 0 Å². The Kier molecular flexibility index (Phi) is 3.88. The molecule has 1 fully saturated rings. The maximum absolute atomic E-state index is 13.1. The van der Waals surface area contributed by atoms with Crippen molar-refractivity contribution < 1.29 is 4.79 Å². The van der Waals surface area contributed by atoms with E-state index in [0.717, 1.165) is 46.7 Å². The quantitative estimate of drug-likeness (QED) is 0.735. The van der Waals surface area contributed by atoms with Gasteiger partial charge in [-0.25, -0.2) is 0 Å². The zero-order chi connectivity index (χ0) is 16.7. The molecule has 0 radical (unpaired) electrons. The van der Waals surface area contributed by atoms with E-state index >= 15 is 0 Å². The maximum atomic E-state index is 13.1. The van der Waals surface area contributed by atoms with Gasteiger partial charge in [-0.05, 0) is 38.3 Å². The number of thiophene rings is 1. The summed E-state index contributed by atoms with van der Waals surface area (Å²) < 4.78 is 3.79. The highest BCUT2D eigenvalue weighted by Crippen LogP contribution is 2.30. The molecule has 4 heterocycles. The van der Waals surface area contributed by atoms with E-state index in [4.69, 9.17) is 0 Å². The SMILES string of the molecule is Cc1nn(C)c2sc(C(=O)N3CCCC[C@@H]3Cn3cccn3)cc12. The van der Waals surface area contributed by atoms with E-state index in [0.29, 0.717) is 0 Å². The highest BCUT2D eigenvalue weighted by atomic mass is 32.1. The van der Waals surface area contributed by atoms with Crippen LogP contribution in [0.15, 0.2) is 24.5 Å². The summed E-state index contributed by atoms with van der Waals surface area (Å²) in [5, 5.41) is 9.80. The summed E-state index contributed by atoms with van der Waals surface area (Å²) in [4.78, 5) is 17.0. The Hall–Kier alpha value is -2.15. The average Bonchev–Trinajstić information content (AvgIpc) is 3.28. The summed E-state index contributed by atoms with van der Waals surface area (Å²) in [5.41, 5.74) is 0.981. The average molecular weight is 343 g/mol. The minimum atomic E-state index is 0.146. The lowest BCUT2D eigenvalue weighted by Crippen LogP contribution is -2.45. The third-order valence-corrected chi connectivity index (χ3v) is 5.94. The number of nitrogens with zero attached hydrogens (tertiary/aromatic N) is 5. The van der Waals surface area contributed by atoms with Gasteiger partial charge < -0.3 is 4.90 Å². The molecule has 6 nitrogen and oxygen atoms in total. The van der Waals surface area contributed by atoms with Crippen molar-refractivity contribution in [2.75, 3.05) is 6.54 Å². The normalized spacial score (nSPS) is 18.4. The second kappa shape index (κ2) is 6.05. The lowest BCUT2D eigenvalue weighted by molar-refractivity contribution is 0.0589. The summed E-state index contributed by atoms with van der Waals surface area (Å²) in [6, 6.07) is 4.15. The molecule has 7 heteroatoms. The van der Waals surface area contributed by atoms with Crippen molar-refractivity contribution in [2.24, 2.45) is 7.05 Å². The summed E-state index contributed by atoms with van der Waals surface area (Å²) in [7, 11) is 1.93. The zero-order valence-electron chi connectivity index (χ0n) is 14.0. The Labute approximate surface area is 144 Å². The van der Waals surface area contributed by atoms with E-state index in [-0.39, 0.29) is 11.9 Å². The minimum absolute atomic E-state index is 0.146. The topological polar surface area (TPSA) is 56.0 Å². The molecule has 1 amide bonds. The Balaban J connectivity index is 1.61. The standard InChI is InChI=1S/C17H21N5OS/c1-12-14-10-15(24-17(14)20(2)19-12)16(23)22-9-4-3-6-13(22)11-21-8-5-7-18-21/h5,7-8,10,13H,3-4,6,9,11H2,1-2H3/t13-/m1/s1. The first kappa shape index (κ1) is 15.4. The Morgan fingerprint density at radius 3 is 3.04 bits per heavy atom. The van der Waals surface area contributed by atoms with E-state index in [9.17, 15) is 4.79 Å². The van der Waals surface area contributed by atoms with Gasteiger partial charge >= 0.3 is 0 Å². The Morgan fingerprint density at radius 1 is 1.42 bits per heavy atom. The van der Waals surface area contributed by atoms with Gasteiger partial charge in [-0.3, -0.25) is 14.2 Å². The van der Waals surface area contributed by atoms with Gasteiger partial charge in [0, 0.05) is 31.4 Å². The van der Waals surface area contributed by atoms with Crippen LogP contribution >= 0.6 is 11.3 Å². The van der Waals surface area contributed by atoms with Crippen LogP contribution in [0.2, 0.25) is 0 Å². The van der Waals surface area contributed by atoms with Gasteiger partial charge in [0.2, 0.25) is 0 Å². The predicted octanol–water partition coefficient (Wildman–Crippen LogP) is 2.83. The fourth-order valence-electron chi connectivity index (χ4n) is 3.53. The molecule has 1 atom stereocenters. The molecule has 3 aromatic rings. The fourth-order valence-corrected chi connectivity index (χ4v) is 4.61. The molecule has 1 aliphatic heterocycles. The van der Waals surface area contributed by atoms with Crippen molar-refractivity contribution >= 4 is 27.5 Å². The van der Waals surface area contributed by atoms with Crippen molar-refractivity contribution in [3.05, 3.63) is 35.1 Å². The molecule has 4 rings (SSSR count). The lowest BCUT2D eigenvalue weighted by Gasteiger charge is -2.35. The molecule has 0 aliphatic carbocycles. The summed E-state index contributed by atoms with van der Waals surface area (Å²) in [6.45, 7) is 3.59. The van der Waals surface area contributed by atoms with Gasteiger partial charge in [0.05, 0.1) is 23.2 Å². The number of carbonyl (C=O) groups excluding carboxylic acids is 1. The molecule has 0 unspecified atom stereocenters. The molecule has 0 bridgehead atoms. The highest BCUT2D eigenvalue weighted by molar-refractivity contribution is 7.20. The first-order valence-corrected chi connectivity index (χ1v) is 9.16. The first-order chi connectivity index (χ1) is 11.6. The van der Waals surface area contributed by atoms with Crippen LogP contribution in [0.5, 0.6) is 0 Å². The van der Waals surface area contributed by atoms with E-state index < -0.39 is 0 Å². The van der Waals surface area contributed by atoms with Crippen LogP contribution in [0, 0.1) is 6.92 Å². The minimum Gasteiger partial charge on any atom is -0.333 e. The van der Waals surface area contributed by atoms with Gasteiger partial charge in [-0.15, -0.1) is 11.3 Å². The Morgan fingerprint density at radius 2 is 2.29 bits per heavy atom. The van der Waals surface area contributed by atoms with Crippen molar-refractivity contribution in [3.63, 3.8) is 0 Å². The van der Waals surface area contributed by atoms with E-state index in [1.54, 1.807) is 17.5 Å². The van der Waals surface area contributed by atoms with Gasteiger partial charge in [0.15, 0.2) is 0 Å². The smallest absolute Gasteiger partial charge is 0.264 e. The number of likely N-dealkylation sites (tertiary alicyclic amines) is 1. The number of amides is 1. The fraction of sp³-hybridized carbons (Fsp3) is 0.471. The van der Waals surface area contributed by atoms with Gasteiger partial charge in [0.1, 0.15) is 4.83 Å². The molecule has 0 N–H and O–H groups in total. The van der Waals surface area contributed by atoms with Crippen LogP contribution in [0.4, 0.5) is 0 Å². The molecule has 1 aliphatic rings. The number of piperidine rings is 1. The van der Waals surface area contributed by atoms with Crippen molar-refractivity contribution in [1.29, 1.82) is 0 Å². The van der Waals surface area contributed by atoms with Crippen LogP contribution in [0.25, 0.3) is 10.2 Å². The van der Waals surface area contributed by atoms with Crippen LogP contribution < -0.4 is 0 Å². The summed E-state index contributed by atoms with van der Waals surface area (Å²) >= 11 is 1.54. The monoisotopic (exact) mass is 343 g/mol. The largest absolute Gasteiger partial charge is 0.333 e. The molecule has 3 aromatic heterocycles. The lowest BCUT2D eigenvalue weighted by atomic mass is 10.0. The third kappa shape index (κ3) is 2.62. The number of rotatable bonds is 3. The number of carbonyl (C=O) groups is 1. The highest BCUT2D eigenvalue weighted by Gasteiger charge is 2.29. The Bertz CT molecular complexity index is 829. The van der Waals surface area contributed by atoms with Gasteiger partial charge in [0.25, 0.3) is 5.91 Å².